The molecule has 0 radical (unpaired) electrons. The van der Waals surface area contributed by atoms with Crippen LogP contribution in [0.3, 0.4) is 0 Å². The van der Waals surface area contributed by atoms with Crippen LogP contribution in [0.5, 0.6) is 11.6 Å². The van der Waals surface area contributed by atoms with Crippen molar-refractivity contribution in [3.8, 4) is 22.9 Å². The molecule has 3 aromatic rings. The second-order valence-electron chi connectivity index (χ2n) is 4.42. The Morgan fingerprint density at radius 1 is 1.00 bits per heavy atom. The summed E-state index contributed by atoms with van der Waals surface area (Å²) in [6.45, 7) is 1.90. The maximum absolute atomic E-state index is 5.92. The standard InChI is InChI=1S/C16H13ClN2O/c1-11-18-15(12-7-9-13(17)10-8-12)16(19-11)20-14-5-3-2-4-6-14/h2-10H,1H3,(H,18,19). The summed E-state index contributed by atoms with van der Waals surface area (Å²) in [6.07, 6.45) is 0. The average molecular weight is 285 g/mol. The fraction of sp³-hybridized carbons (Fsp3) is 0.0625. The Morgan fingerprint density at radius 3 is 2.40 bits per heavy atom. The van der Waals surface area contributed by atoms with Crippen LogP contribution in [0, 0.1) is 6.92 Å². The van der Waals surface area contributed by atoms with Crippen LogP contribution in [-0.2, 0) is 0 Å². The van der Waals surface area contributed by atoms with E-state index in [1.54, 1.807) is 0 Å². The zero-order valence-electron chi connectivity index (χ0n) is 10.9. The molecule has 0 saturated heterocycles. The zero-order valence-corrected chi connectivity index (χ0v) is 11.7. The molecule has 1 aromatic heterocycles. The van der Waals surface area contributed by atoms with E-state index in [0.29, 0.717) is 10.9 Å². The number of nitrogens with zero attached hydrogens (tertiary/aromatic N) is 1. The summed E-state index contributed by atoms with van der Waals surface area (Å²) in [7, 11) is 0. The molecule has 0 bridgehead atoms. The number of hydrogen-bond donors (Lipinski definition) is 1. The lowest BCUT2D eigenvalue weighted by Gasteiger charge is -2.05. The second kappa shape index (κ2) is 5.39. The fourth-order valence-corrected chi connectivity index (χ4v) is 2.08. The molecule has 0 aliphatic carbocycles. The number of benzene rings is 2. The number of halogens is 1. The molecule has 0 aliphatic rings. The van der Waals surface area contributed by atoms with E-state index >= 15 is 0 Å². The number of rotatable bonds is 3. The van der Waals surface area contributed by atoms with Crippen molar-refractivity contribution in [3.05, 3.63) is 65.4 Å². The molecule has 4 heteroatoms. The Bertz CT molecular complexity index is 705. The molecule has 0 amide bonds. The van der Waals surface area contributed by atoms with E-state index in [0.717, 1.165) is 22.8 Å². The van der Waals surface area contributed by atoms with Crippen molar-refractivity contribution < 1.29 is 4.74 Å². The summed E-state index contributed by atoms with van der Waals surface area (Å²) in [5, 5.41) is 0.704. The summed E-state index contributed by atoms with van der Waals surface area (Å²) in [4.78, 5) is 7.62. The van der Waals surface area contributed by atoms with E-state index in [9.17, 15) is 0 Å². The normalized spacial score (nSPS) is 10.5. The first-order chi connectivity index (χ1) is 9.72. The lowest BCUT2D eigenvalue weighted by Crippen LogP contribution is -1.87. The Balaban J connectivity index is 1.98. The van der Waals surface area contributed by atoms with Crippen molar-refractivity contribution in [2.24, 2.45) is 0 Å². The van der Waals surface area contributed by atoms with E-state index in [-0.39, 0.29) is 0 Å². The van der Waals surface area contributed by atoms with E-state index in [1.165, 1.54) is 0 Å². The lowest BCUT2D eigenvalue weighted by atomic mass is 10.2. The van der Waals surface area contributed by atoms with Gasteiger partial charge in [-0.05, 0) is 31.2 Å². The summed E-state index contributed by atoms with van der Waals surface area (Å²) in [5.74, 6) is 2.13. The Hall–Kier alpha value is -2.26. The monoisotopic (exact) mass is 284 g/mol. The molecule has 100 valence electrons. The van der Waals surface area contributed by atoms with E-state index in [4.69, 9.17) is 16.3 Å². The topological polar surface area (TPSA) is 37.9 Å². The molecular weight excluding hydrogens is 272 g/mol. The zero-order chi connectivity index (χ0) is 13.9. The number of H-pyrrole nitrogens is 1. The summed E-state index contributed by atoms with van der Waals surface area (Å²) < 4.78 is 5.84. The summed E-state index contributed by atoms with van der Waals surface area (Å²) >= 11 is 5.92. The Morgan fingerprint density at radius 2 is 1.70 bits per heavy atom. The SMILES string of the molecule is Cc1nc(Oc2ccccc2)c(-c2ccc(Cl)cc2)[nH]1. The highest BCUT2D eigenvalue weighted by Crippen LogP contribution is 2.31. The molecule has 0 unspecified atom stereocenters. The van der Waals surface area contributed by atoms with E-state index < -0.39 is 0 Å². The van der Waals surface area contributed by atoms with Crippen LogP contribution in [-0.4, -0.2) is 9.97 Å². The number of aromatic amines is 1. The van der Waals surface area contributed by atoms with Crippen LogP contribution in [0.1, 0.15) is 5.82 Å². The first kappa shape index (κ1) is 12.8. The summed E-state index contributed by atoms with van der Waals surface area (Å²) in [6, 6.07) is 17.2. The molecule has 0 spiro atoms. The highest BCUT2D eigenvalue weighted by molar-refractivity contribution is 6.30. The Labute approximate surface area is 122 Å². The van der Waals surface area contributed by atoms with Gasteiger partial charge >= 0.3 is 0 Å². The van der Waals surface area contributed by atoms with Gasteiger partial charge in [-0.1, -0.05) is 41.9 Å². The molecule has 0 atom stereocenters. The van der Waals surface area contributed by atoms with Crippen LogP contribution in [0.4, 0.5) is 0 Å². The third kappa shape index (κ3) is 2.68. The van der Waals surface area contributed by atoms with Crippen molar-refractivity contribution in [1.29, 1.82) is 0 Å². The lowest BCUT2D eigenvalue weighted by molar-refractivity contribution is 0.467. The molecule has 3 nitrogen and oxygen atoms in total. The third-order valence-corrected chi connectivity index (χ3v) is 3.13. The summed E-state index contributed by atoms with van der Waals surface area (Å²) in [5.41, 5.74) is 1.84. The molecular formula is C16H13ClN2O. The van der Waals surface area contributed by atoms with Gasteiger partial charge in [-0.25, -0.2) is 0 Å². The predicted molar refractivity (Wildman–Crippen MR) is 80.3 cm³/mol. The largest absolute Gasteiger partial charge is 0.437 e. The number of aryl methyl sites for hydroxylation is 1. The quantitative estimate of drug-likeness (QED) is 0.748. The highest BCUT2D eigenvalue weighted by Gasteiger charge is 2.12. The molecule has 0 fully saturated rings. The van der Waals surface area contributed by atoms with Gasteiger partial charge in [0, 0.05) is 10.6 Å². The molecule has 0 saturated carbocycles. The Kier molecular flexibility index (Phi) is 3.44. The van der Waals surface area contributed by atoms with Crippen LogP contribution in [0.2, 0.25) is 5.02 Å². The van der Waals surface area contributed by atoms with Crippen LogP contribution >= 0.6 is 11.6 Å². The van der Waals surface area contributed by atoms with Gasteiger partial charge in [0.25, 0.3) is 0 Å². The van der Waals surface area contributed by atoms with Crippen molar-refractivity contribution >= 4 is 11.6 Å². The number of hydrogen-bond acceptors (Lipinski definition) is 2. The highest BCUT2D eigenvalue weighted by atomic mass is 35.5. The van der Waals surface area contributed by atoms with Gasteiger partial charge in [0.1, 0.15) is 17.3 Å². The van der Waals surface area contributed by atoms with E-state index in [2.05, 4.69) is 9.97 Å². The van der Waals surface area contributed by atoms with Crippen LogP contribution < -0.4 is 4.74 Å². The molecule has 3 rings (SSSR count). The van der Waals surface area contributed by atoms with Crippen LogP contribution in [0.25, 0.3) is 11.3 Å². The number of nitrogens with one attached hydrogen (secondary N) is 1. The minimum absolute atomic E-state index is 0.566. The molecule has 0 aliphatic heterocycles. The van der Waals surface area contributed by atoms with Gasteiger partial charge in [0.05, 0.1) is 0 Å². The number of para-hydroxylation sites is 1. The maximum Gasteiger partial charge on any atom is 0.245 e. The second-order valence-corrected chi connectivity index (χ2v) is 4.86. The average Bonchev–Trinajstić information content (AvgIpc) is 2.81. The third-order valence-electron chi connectivity index (χ3n) is 2.88. The number of aromatic nitrogens is 2. The van der Waals surface area contributed by atoms with Gasteiger partial charge < -0.3 is 9.72 Å². The van der Waals surface area contributed by atoms with Crippen molar-refractivity contribution in [2.75, 3.05) is 0 Å². The predicted octanol–water partition coefficient (Wildman–Crippen LogP) is 4.83. The smallest absolute Gasteiger partial charge is 0.245 e. The minimum Gasteiger partial charge on any atom is -0.437 e. The molecule has 1 N–H and O–H groups in total. The van der Waals surface area contributed by atoms with Gasteiger partial charge in [0.15, 0.2) is 0 Å². The van der Waals surface area contributed by atoms with Gasteiger partial charge in [-0.15, -0.1) is 0 Å². The fourth-order valence-electron chi connectivity index (χ4n) is 1.96. The van der Waals surface area contributed by atoms with Crippen molar-refractivity contribution in [1.82, 2.24) is 9.97 Å². The molecule has 1 heterocycles. The van der Waals surface area contributed by atoms with Gasteiger partial charge in [-0.2, -0.15) is 4.98 Å². The first-order valence-corrected chi connectivity index (χ1v) is 6.65. The van der Waals surface area contributed by atoms with Crippen LogP contribution in [0.15, 0.2) is 54.6 Å². The van der Waals surface area contributed by atoms with Crippen molar-refractivity contribution in [2.45, 2.75) is 6.92 Å². The maximum atomic E-state index is 5.92. The minimum atomic E-state index is 0.566. The molecule has 20 heavy (non-hydrogen) atoms. The van der Waals surface area contributed by atoms with Gasteiger partial charge in [0.2, 0.25) is 5.88 Å². The van der Waals surface area contributed by atoms with Crippen molar-refractivity contribution in [3.63, 3.8) is 0 Å². The number of ether oxygens (including phenoxy) is 1. The van der Waals surface area contributed by atoms with E-state index in [1.807, 2.05) is 61.5 Å². The first-order valence-electron chi connectivity index (χ1n) is 6.28. The molecule has 2 aromatic carbocycles. The number of imidazole rings is 1. The van der Waals surface area contributed by atoms with Gasteiger partial charge in [-0.3, -0.25) is 0 Å².